The van der Waals surface area contributed by atoms with E-state index < -0.39 is 0 Å². The zero-order valence-electron chi connectivity index (χ0n) is 20.4. The van der Waals surface area contributed by atoms with E-state index in [9.17, 15) is 9.18 Å². The van der Waals surface area contributed by atoms with E-state index in [0.29, 0.717) is 18.2 Å². The number of aryl methyl sites for hydroxylation is 2. The fourth-order valence-corrected chi connectivity index (χ4v) is 5.77. The Morgan fingerprint density at radius 2 is 1.75 bits per heavy atom. The van der Waals surface area contributed by atoms with Crippen molar-refractivity contribution in [1.29, 1.82) is 0 Å². The Morgan fingerprint density at radius 1 is 0.917 bits per heavy atom. The van der Waals surface area contributed by atoms with Crippen LogP contribution in [0.25, 0.3) is 22.0 Å². The molecule has 1 saturated carbocycles. The molecule has 1 heterocycles. The fourth-order valence-electron chi connectivity index (χ4n) is 5.77. The van der Waals surface area contributed by atoms with E-state index >= 15 is 0 Å². The van der Waals surface area contributed by atoms with Crippen molar-refractivity contribution in [2.45, 2.75) is 57.8 Å². The molecular weight excluding hydrogens is 449 g/mol. The number of aromatic nitrogens is 2. The quantitative estimate of drug-likeness (QED) is 0.341. The van der Waals surface area contributed by atoms with Crippen molar-refractivity contribution in [1.82, 2.24) is 9.97 Å². The zero-order valence-corrected chi connectivity index (χ0v) is 20.4. The van der Waals surface area contributed by atoms with Gasteiger partial charge >= 0.3 is 0 Å². The number of carbonyl (C=O) groups is 1. The Kier molecular flexibility index (Phi) is 6.22. The van der Waals surface area contributed by atoms with Gasteiger partial charge in [-0.3, -0.25) is 4.79 Å². The maximum Gasteiger partial charge on any atom is 0.229 e. The standard InChI is InChI=1S/C31H30FN3O/c32-25-13-14-26-24(19-25)12-15-27-30(26)33-28(17-20-6-2-1-3-7-20)31(34-27)35-29(36)18-21-10-11-22-8-4-5-9-23(22)16-21/h4-5,8-11,13-14,16,19-20H,1-3,6-7,12,15,17-18H2,(H,34,35,36). The van der Waals surface area contributed by atoms with Crippen LogP contribution < -0.4 is 5.32 Å². The minimum Gasteiger partial charge on any atom is -0.309 e. The summed E-state index contributed by atoms with van der Waals surface area (Å²) in [5, 5.41) is 5.40. The average molecular weight is 480 g/mol. The van der Waals surface area contributed by atoms with Crippen LogP contribution in [0.1, 0.15) is 54.6 Å². The summed E-state index contributed by atoms with van der Waals surface area (Å²) in [6.45, 7) is 0. The molecule has 2 aliphatic rings. The van der Waals surface area contributed by atoms with Gasteiger partial charge in [0.2, 0.25) is 5.91 Å². The summed E-state index contributed by atoms with van der Waals surface area (Å²) in [6, 6.07) is 19.3. The third-order valence-corrected chi connectivity index (χ3v) is 7.64. The number of nitrogens with zero attached hydrogens (tertiary/aromatic N) is 2. The van der Waals surface area contributed by atoms with Crippen molar-refractivity contribution in [2.75, 3.05) is 5.32 Å². The van der Waals surface area contributed by atoms with Crippen molar-refractivity contribution >= 4 is 22.5 Å². The number of halogens is 1. The molecule has 0 atom stereocenters. The summed E-state index contributed by atoms with van der Waals surface area (Å²) in [7, 11) is 0. The van der Waals surface area contributed by atoms with E-state index in [1.165, 1.54) is 38.2 Å². The van der Waals surface area contributed by atoms with E-state index in [2.05, 4.69) is 29.6 Å². The molecule has 182 valence electrons. The van der Waals surface area contributed by atoms with Crippen molar-refractivity contribution in [3.63, 3.8) is 0 Å². The van der Waals surface area contributed by atoms with Crippen molar-refractivity contribution in [3.05, 3.63) is 89.0 Å². The topological polar surface area (TPSA) is 54.9 Å². The van der Waals surface area contributed by atoms with Crippen molar-refractivity contribution < 1.29 is 9.18 Å². The van der Waals surface area contributed by atoms with Gasteiger partial charge in [-0.1, -0.05) is 74.6 Å². The highest BCUT2D eigenvalue weighted by atomic mass is 19.1. The number of hydrogen-bond acceptors (Lipinski definition) is 3. The van der Waals surface area contributed by atoms with Gasteiger partial charge < -0.3 is 5.32 Å². The Hall–Kier alpha value is -3.60. The second kappa shape index (κ2) is 9.81. The highest BCUT2D eigenvalue weighted by Crippen LogP contribution is 2.35. The largest absolute Gasteiger partial charge is 0.309 e. The van der Waals surface area contributed by atoms with E-state index in [-0.39, 0.29) is 18.1 Å². The third kappa shape index (κ3) is 4.75. The lowest BCUT2D eigenvalue weighted by Gasteiger charge is -2.24. The number of hydrogen-bond donors (Lipinski definition) is 1. The minimum absolute atomic E-state index is 0.0808. The highest BCUT2D eigenvalue weighted by Gasteiger charge is 2.25. The number of fused-ring (bicyclic) bond motifs is 4. The molecule has 2 aliphatic carbocycles. The first kappa shape index (κ1) is 22.8. The van der Waals surface area contributed by atoms with Gasteiger partial charge in [-0.15, -0.1) is 0 Å². The predicted octanol–water partition coefficient (Wildman–Crippen LogP) is 6.84. The molecule has 1 amide bonds. The van der Waals surface area contributed by atoms with Crippen molar-refractivity contribution in [3.8, 4) is 11.3 Å². The van der Waals surface area contributed by atoms with Crippen molar-refractivity contribution in [2.24, 2.45) is 5.92 Å². The second-order valence-corrected chi connectivity index (χ2v) is 10.2. The van der Waals surface area contributed by atoms with Gasteiger partial charge in [0.1, 0.15) is 5.82 Å². The maximum atomic E-state index is 13.8. The van der Waals surface area contributed by atoms with Crippen LogP contribution in [0.15, 0.2) is 60.7 Å². The van der Waals surface area contributed by atoms with E-state index in [0.717, 1.165) is 57.4 Å². The molecule has 0 aliphatic heterocycles. The number of anilines is 1. The molecule has 0 spiro atoms. The lowest BCUT2D eigenvalue weighted by molar-refractivity contribution is -0.115. The zero-order chi connectivity index (χ0) is 24.5. The Morgan fingerprint density at radius 3 is 2.61 bits per heavy atom. The molecule has 6 rings (SSSR count). The summed E-state index contributed by atoms with van der Waals surface area (Å²) < 4.78 is 13.8. The van der Waals surface area contributed by atoms with Gasteiger partial charge in [-0.25, -0.2) is 14.4 Å². The van der Waals surface area contributed by atoms with E-state index in [4.69, 9.17) is 9.97 Å². The SMILES string of the molecule is O=C(Cc1ccc2ccccc2c1)Nc1nc2c(nc1CC1CCCCC1)-c1ccc(F)cc1CC2. The molecule has 5 heteroatoms. The number of nitrogens with one attached hydrogen (secondary N) is 1. The average Bonchev–Trinajstić information content (AvgIpc) is 2.89. The first-order valence-electron chi connectivity index (χ1n) is 13.1. The summed E-state index contributed by atoms with van der Waals surface area (Å²) in [5.41, 5.74) is 5.49. The Labute approximate surface area is 211 Å². The van der Waals surface area contributed by atoms with Crippen LogP contribution in [-0.4, -0.2) is 15.9 Å². The predicted molar refractivity (Wildman–Crippen MR) is 141 cm³/mol. The molecule has 4 nitrogen and oxygen atoms in total. The molecular formula is C31H30FN3O. The monoisotopic (exact) mass is 479 g/mol. The molecule has 0 unspecified atom stereocenters. The number of amides is 1. The van der Waals surface area contributed by atoms with Crippen LogP contribution in [0.2, 0.25) is 0 Å². The molecule has 0 bridgehead atoms. The lowest BCUT2D eigenvalue weighted by atomic mass is 9.85. The smallest absolute Gasteiger partial charge is 0.229 e. The van der Waals surface area contributed by atoms with Crippen LogP contribution in [0.5, 0.6) is 0 Å². The minimum atomic E-state index is -0.217. The van der Waals surface area contributed by atoms with Crippen LogP contribution in [0, 0.1) is 11.7 Å². The first-order valence-corrected chi connectivity index (χ1v) is 13.1. The Balaban J connectivity index is 1.30. The molecule has 1 fully saturated rings. The molecule has 4 aromatic rings. The molecule has 0 saturated heterocycles. The second-order valence-electron chi connectivity index (χ2n) is 10.2. The third-order valence-electron chi connectivity index (χ3n) is 7.64. The molecule has 0 radical (unpaired) electrons. The fraction of sp³-hybridized carbons (Fsp3) is 0.323. The van der Waals surface area contributed by atoms with Gasteiger partial charge in [0.15, 0.2) is 5.82 Å². The van der Waals surface area contributed by atoms with Crippen LogP contribution >= 0.6 is 0 Å². The number of carbonyl (C=O) groups excluding carboxylic acids is 1. The summed E-state index contributed by atoms with van der Waals surface area (Å²) in [5.74, 6) is 0.849. The summed E-state index contributed by atoms with van der Waals surface area (Å²) >= 11 is 0. The van der Waals surface area contributed by atoms with Gasteiger partial charge in [-0.05, 0) is 65.3 Å². The summed E-state index contributed by atoms with van der Waals surface area (Å²) in [4.78, 5) is 23.2. The number of benzene rings is 3. The maximum absolute atomic E-state index is 13.8. The Bertz CT molecular complexity index is 1440. The van der Waals surface area contributed by atoms with Gasteiger partial charge in [0.05, 0.1) is 23.5 Å². The lowest BCUT2D eigenvalue weighted by Crippen LogP contribution is -2.21. The first-order chi connectivity index (χ1) is 17.6. The van der Waals surface area contributed by atoms with Crippen LogP contribution in [0.3, 0.4) is 0 Å². The molecule has 1 aromatic heterocycles. The van der Waals surface area contributed by atoms with E-state index in [1.54, 1.807) is 6.07 Å². The van der Waals surface area contributed by atoms with E-state index in [1.807, 2.05) is 24.3 Å². The van der Waals surface area contributed by atoms with Gasteiger partial charge in [0, 0.05) is 5.56 Å². The highest BCUT2D eigenvalue weighted by molar-refractivity contribution is 5.93. The molecule has 3 aromatic carbocycles. The van der Waals surface area contributed by atoms with Gasteiger partial charge in [0.25, 0.3) is 0 Å². The van der Waals surface area contributed by atoms with Gasteiger partial charge in [-0.2, -0.15) is 0 Å². The molecule has 1 N–H and O–H groups in total. The van der Waals surface area contributed by atoms with Crippen LogP contribution in [-0.2, 0) is 30.5 Å². The summed E-state index contributed by atoms with van der Waals surface area (Å²) in [6.07, 6.45) is 8.66. The molecule has 36 heavy (non-hydrogen) atoms. The van der Waals surface area contributed by atoms with Crippen LogP contribution in [0.4, 0.5) is 10.2 Å². The number of rotatable bonds is 5. The normalized spacial score (nSPS) is 15.4.